The van der Waals surface area contributed by atoms with Crippen molar-refractivity contribution in [3.05, 3.63) is 29.8 Å². The summed E-state index contributed by atoms with van der Waals surface area (Å²) >= 11 is 0. The van der Waals surface area contributed by atoms with Crippen LogP contribution in [0.15, 0.2) is 24.3 Å². The highest BCUT2D eigenvalue weighted by atomic mass is 16.5. The van der Waals surface area contributed by atoms with E-state index < -0.39 is 0 Å². The smallest absolute Gasteiger partial charge is 0.115 e. The first-order chi connectivity index (χ1) is 7.24. The summed E-state index contributed by atoms with van der Waals surface area (Å²) in [5.41, 5.74) is 0.905. The number of phenolic OH excluding ortho intramolecular Hbond substituents is 1. The summed E-state index contributed by atoms with van der Waals surface area (Å²) in [7, 11) is 0. The van der Waals surface area contributed by atoms with Crippen molar-refractivity contribution in [3.63, 3.8) is 0 Å². The maximum absolute atomic E-state index is 9.40. The Morgan fingerprint density at radius 3 is 2.87 bits per heavy atom. The van der Waals surface area contributed by atoms with Crippen LogP contribution in [0.5, 0.6) is 5.75 Å². The number of aliphatic hydroxyl groups is 1. The molecule has 1 fully saturated rings. The van der Waals surface area contributed by atoms with Crippen molar-refractivity contribution in [3.8, 4) is 5.75 Å². The van der Waals surface area contributed by atoms with Gasteiger partial charge in [-0.3, -0.25) is 0 Å². The van der Waals surface area contributed by atoms with Gasteiger partial charge in [0.1, 0.15) is 5.75 Å². The molecule has 0 spiro atoms. The van der Waals surface area contributed by atoms with E-state index in [1.165, 1.54) is 0 Å². The monoisotopic (exact) mass is 208 g/mol. The van der Waals surface area contributed by atoms with Crippen molar-refractivity contribution >= 4 is 0 Å². The first kappa shape index (κ1) is 10.5. The number of aliphatic hydroxyl groups excluding tert-OH is 1. The minimum absolute atomic E-state index is 0.142. The second-order valence-corrected chi connectivity index (χ2v) is 4.31. The van der Waals surface area contributed by atoms with Crippen LogP contribution in [0.3, 0.4) is 0 Å². The molecule has 3 nitrogen and oxygen atoms in total. The molecule has 0 aromatic heterocycles. The number of rotatable bonds is 3. The Bertz CT molecular complexity index is 329. The summed E-state index contributed by atoms with van der Waals surface area (Å²) in [5.74, 6) is 0.277. The van der Waals surface area contributed by atoms with Crippen LogP contribution in [0, 0.1) is 5.41 Å². The number of benzene rings is 1. The molecule has 1 atom stereocenters. The van der Waals surface area contributed by atoms with E-state index in [4.69, 9.17) is 4.74 Å². The van der Waals surface area contributed by atoms with Crippen LogP contribution in [-0.4, -0.2) is 30.0 Å². The molecule has 0 aliphatic carbocycles. The van der Waals surface area contributed by atoms with Gasteiger partial charge in [-0.2, -0.15) is 0 Å². The molecule has 1 aromatic carbocycles. The Morgan fingerprint density at radius 1 is 1.40 bits per heavy atom. The van der Waals surface area contributed by atoms with E-state index in [-0.39, 0.29) is 17.8 Å². The minimum atomic E-state index is -0.145. The lowest BCUT2D eigenvalue weighted by Crippen LogP contribution is -2.28. The lowest BCUT2D eigenvalue weighted by Gasteiger charge is -2.24. The van der Waals surface area contributed by atoms with Gasteiger partial charge in [0.2, 0.25) is 0 Å². The molecular formula is C12H16O3. The molecule has 15 heavy (non-hydrogen) atoms. The summed E-state index contributed by atoms with van der Waals surface area (Å²) in [6.45, 7) is 1.47. The summed E-state index contributed by atoms with van der Waals surface area (Å²) < 4.78 is 5.33. The summed E-state index contributed by atoms with van der Waals surface area (Å²) in [5, 5.41) is 18.8. The van der Waals surface area contributed by atoms with Gasteiger partial charge in [0.15, 0.2) is 0 Å². The fraction of sp³-hybridized carbons (Fsp3) is 0.500. The van der Waals surface area contributed by atoms with Crippen LogP contribution in [-0.2, 0) is 11.2 Å². The third-order valence-corrected chi connectivity index (χ3v) is 3.01. The molecule has 1 aliphatic heterocycles. The predicted octanol–water partition coefficient (Wildman–Crippen LogP) is 1.33. The second kappa shape index (κ2) is 4.21. The Morgan fingerprint density at radius 2 is 2.27 bits per heavy atom. The van der Waals surface area contributed by atoms with E-state index in [1.807, 2.05) is 12.1 Å². The molecule has 0 amide bonds. The Balaban J connectivity index is 2.12. The molecule has 1 heterocycles. The lowest BCUT2D eigenvalue weighted by atomic mass is 9.82. The van der Waals surface area contributed by atoms with Gasteiger partial charge in [-0.25, -0.2) is 0 Å². The summed E-state index contributed by atoms with van der Waals surface area (Å²) in [6.07, 6.45) is 1.65. The normalized spacial score (nSPS) is 25.7. The number of phenols is 1. The zero-order valence-electron chi connectivity index (χ0n) is 8.65. The summed E-state index contributed by atoms with van der Waals surface area (Å²) in [6, 6.07) is 7.19. The predicted molar refractivity (Wildman–Crippen MR) is 56.8 cm³/mol. The van der Waals surface area contributed by atoms with Crippen molar-refractivity contribution in [1.29, 1.82) is 0 Å². The molecule has 2 rings (SSSR count). The highest BCUT2D eigenvalue weighted by molar-refractivity contribution is 5.28. The van der Waals surface area contributed by atoms with Gasteiger partial charge in [-0.15, -0.1) is 0 Å². The molecule has 1 aromatic rings. The molecule has 82 valence electrons. The van der Waals surface area contributed by atoms with Gasteiger partial charge in [-0.1, -0.05) is 12.1 Å². The van der Waals surface area contributed by atoms with E-state index >= 15 is 0 Å². The fourth-order valence-electron chi connectivity index (χ4n) is 2.07. The molecule has 0 radical (unpaired) electrons. The first-order valence-electron chi connectivity index (χ1n) is 5.21. The third kappa shape index (κ3) is 2.30. The molecule has 3 heteroatoms. The molecular weight excluding hydrogens is 192 g/mol. The molecule has 1 saturated heterocycles. The quantitative estimate of drug-likeness (QED) is 0.788. The van der Waals surface area contributed by atoms with Gasteiger partial charge in [0.05, 0.1) is 13.2 Å². The zero-order valence-corrected chi connectivity index (χ0v) is 8.65. The second-order valence-electron chi connectivity index (χ2n) is 4.31. The van der Waals surface area contributed by atoms with Crippen LogP contribution in [0.4, 0.5) is 0 Å². The van der Waals surface area contributed by atoms with Crippen LogP contribution >= 0.6 is 0 Å². The average Bonchev–Trinajstić information content (AvgIpc) is 2.67. The van der Waals surface area contributed by atoms with Crippen LogP contribution in [0.2, 0.25) is 0 Å². The number of aromatic hydroxyl groups is 1. The molecule has 1 unspecified atom stereocenters. The van der Waals surface area contributed by atoms with Crippen molar-refractivity contribution in [2.75, 3.05) is 19.8 Å². The largest absolute Gasteiger partial charge is 0.508 e. The molecule has 0 bridgehead atoms. The van der Waals surface area contributed by atoms with Crippen molar-refractivity contribution < 1.29 is 14.9 Å². The number of ether oxygens (including phenoxy) is 1. The lowest BCUT2D eigenvalue weighted by molar-refractivity contribution is 0.0935. The first-order valence-corrected chi connectivity index (χ1v) is 5.21. The van der Waals surface area contributed by atoms with Crippen molar-refractivity contribution in [2.24, 2.45) is 5.41 Å². The van der Waals surface area contributed by atoms with E-state index in [2.05, 4.69) is 0 Å². The van der Waals surface area contributed by atoms with Gasteiger partial charge in [-0.05, 0) is 30.5 Å². The van der Waals surface area contributed by atoms with E-state index in [0.29, 0.717) is 6.61 Å². The topological polar surface area (TPSA) is 49.7 Å². The SMILES string of the molecule is OCC1(Cc2cccc(O)c2)CCOC1. The standard InChI is InChI=1S/C12H16O3/c13-8-12(4-5-15-9-12)7-10-2-1-3-11(14)6-10/h1-3,6,13-14H,4-5,7-9H2. The Hall–Kier alpha value is -1.06. The van der Waals surface area contributed by atoms with Gasteiger partial charge < -0.3 is 14.9 Å². The molecule has 2 N–H and O–H groups in total. The van der Waals surface area contributed by atoms with Crippen molar-refractivity contribution in [2.45, 2.75) is 12.8 Å². The number of hydrogen-bond donors (Lipinski definition) is 2. The highest BCUT2D eigenvalue weighted by Gasteiger charge is 2.34. The molecule has 1 aliphatic rings. The Kier molecular flexibility index (Phi) is 2.93. The fourth-order valence-corrected chi connectivity index (χ4v) is 2.07. The van der Waals surface area contributed by atoms with E-state index in [9.17, 15) is 10.2 Å². The van der Waals surface area contributed by atoms with Crippen molar-refractivity contribution in [1.82, 2.24) is 0 Å². The van der Waals surface area contributed by atoms with Gasteiger partial charge >= 0.3 is 0 Å². The van der Waals surface area contributed by atoms with Gasteiger partial charge in [0.25, 0.3) is 0 Å². The van der Waals surface area contributed by atoms with E-state index in [1.54, 1.807) is 12.1 Å². The zero-order chi connectivity index (χ0) is 10.7. The third-order valence-electron chi connectivity index (χ3n) is 3.01. The van der Waals surface area contributed by atoms with Gasteiger partial charge in [0, 0.05) is 12.0 Å². The van der Waals surface area contributed by atoms with Crippen LogP contribution in [0.25, 0.3) is 0 Å². The average molecular weight is 208 g/mol. The Labute approximate surface area is 89.3 Å². The maximum atomic E-state index is 9.40. The maximum Gasteiger partial charge on any atom is 0.115 e. The van der Waals surface area contributed by atoms with E-state index in [0.717, 1.165) is 25.0 Å². The minimum Gasteiger partial charge on any atom is -0.508 e. The van der Waals surface area contributed by atoms with Crippen LogP contribution < -0.4 is 0 Å². The number of hydrogen-bond acceptors (Lipinski definition) is 3. The highest BCUT2D eigenvalue weighted by Crippen LogP contribution is 2.32. The van der Waals surface area contributed by atoms with Crippen LogP contribution in [0.1, 0.15) is 12.0 Å². The molecule has 0 saturated carbocycles. The summed E-state index contributed by atoms with van der Waals surface area (Å²) in [4.78, 5) is 0.